The molecule has 0 heterocycles. The lowest BCUT2D eigenvalue weighted by atomic mass is 10.0. The molecule has 0 saturated heterocycles. The van der Waals surface area contributed by atoms with Crippen molar-refractivity contribution in [3.05, 3.63) is 0 Å². The van der Waals surface area contributed by atoms with E-state index in [0.29, 0.717) is 0 Å². The standard InChI is InChI=1S/C23H41N7O9/c1-9(2)16(26)21(36)27-12(6-7-14(24)32)19(34)30-18(11(5)31)22(37)28-13(8-15(25)33)20(35)29-17(10(3)4)23(38)39/h9-13,16-18,31H,6-8,26H2,1-5H3,(H2,24,32)(H2,25,33)(H,27,36)(H,28,37)(H,29,35)(H,30,34)(H,38,39)/t11-,12+,13+,16+,17+,18+/m1/s1. The Kier molecular flexibility index (Phi) is 14.7. The first-order valence-electron chi connectivity index (χ1n) is 12.3. The molecule has 0 radical (unpaired) electrons. The summed E-state index contributed by atoms with van der Waals surface area (Å²) in [4.78, 5) is 85.3. The fourth-order valence-electron chi connectivity index (χ4n) is 3.22. The highest BCUT2D eigenvalue weighted by Crippen LogP contribution is 2.06. The van der Waals surface area contributed by atoms with Crippen LogP contribution in [0.5, 0.6) is 0 Å². The van der Waals surface area contributed by atoms with Crippen molar-refractivity contribution < 1.29 is 43.8 Å². The highest BCUT2D eigenvalue weighted by molar-refractivity contribution is 5.97. The van der Waals surface area contributed by atoms with Gasteiger partial charge in [-0.2, -0.15) is 0 Å². The summed E-state index contributed by atoms with van der Waals surface area (Å²) in [5.74, 6) is -7.77. The van der Waals surface area contributed by atoms with Gasteiger partial charge >= 0.3 is 5.97 Å². The summed E-state index contributed by atoms with van der Waals surface area (Å²) in [6.07, 6.45) is -2.81. The normalized spacial score (nSPS) is 15.7. The number of carboxylic acid groups (broad SMARTS) is 1. The SMILES string of the molecule is CC(C)[C@H](N)C(=O)N[C@@H](CCC(N)=O)C(=O)N[C@H](C(=O)N[C@@H](CC(N)=O)C(=O)N[C@H](C(=O)O)C(C)C)[C@@H](C)O. The second-order valence-electron chi connectivity index (χ2n) is 9.86. The Balaban J connectivity index is 5.83. The van der Waals surface area contributed by atoms with Crippen molar-refractivity contribution in [3.63, 3.8) is 0 Å². The number of primary amides is 2. The molecule has 0 aliphatic rings. The lowest BCUT2D eigenvalue weighted by Gasteiger charge is -2.28. The maximum atomic E-state index is 13.0. The minimum atomic E-state index is -1.70. The second kappa shape index (κ2) is 16.2. The molecule has 0 unspecified atom stereocenters. The summed E-state index contributed by atoms with van der Waals surface area (Å²) in [7, 11) is 0. The van der Waals surface area contributed by atoms with E-state index < -0.39 is 90.1 Å². The molecule has 16 nitrogen and oxygen atoms in total. The van der Waals surface area contributed by atoms with Crippen LogP contribution in [0.2, 0.25) is 0 Å². The number of carbonyl (C=O) groups excluding carboxylic acids is 6. The van der Waals surface area contributed by atoms with E-state index in [0.717, 1.165) is 6.92 Å². The van der Waals surface area contributed by atoms with Crippen LogP contribution in [-0.4, -0.2) is 87.9 Å². The van der Waals surface area contributed by atoms with E-state index in [9.17, 15) is 43.8 Å². The van der Waals surface area contributed by atoms with E-state index in [1.54, 1.807) is 13.8 Å². The predicted molar refractivity (Wildman–Crippen MR) is 137 cm³/mol. The van der Waals surface area contributed by atoms with Gasteiger partial charge in [0, 0.05) is 6.42 Å². The molecule has 0 rings (SSSR count). The summed E-state index contributed by atoms with van der Waals surface area (Å²) in [5, 5.41) is 28.5. The maximum Gasteiger partial charge on any atom is 0.326 e. The third-order valence-corrected chi connectivity index (χ3v) is 5.66. The molecule has 0 aliphatic heterocycles. The Hall–Kier alpha value is -3.79. The Morgan fingerprint density at radius 1 is 0.667 bits per heavy atom. The van der Waals surface area contributed by atoms with Crippen molar-refractivity contribution in [1.82, 2.24) is 21.3 Å². The van der Waals surface area contributed by atoms with Crippen molar-refractivity contribution in [1.29, 1.82) is 0 Å². The fourth-order valence-corrected chi connectivity index (χ4v) is 3.22. The molecule has 0 saturated carbocycles. The smallest absolute Gasteiger partial charge is 0.326 e. The molecule has 39 heavy (non-hydrogen) atoms. The number of hydrogen-bond donors (Lipinski definition) is 9. The molecule has 0 aromatic heterocycles. The second-order valence-corrected chi connectivity index (χ2v) is 9.86. The molecule has 0 aromatic carbocycles. The monoisotopic (exact) mass is 559 g/mol. The Morgan fingerprint density at radius 3 is 1.56 bits per heavy atom. The van der Waals surface area contributed by atoms with Gasteiger partial charge in [0.1, 0.15) is 24.2 Å². The highest BCUT2D eigenvalue weighted by atomic mass is 16.4. The summed E-state index contributed by atoms with van der Waals surface area (Å²) in [6.45, 7) is 7.56. The van der Waals surface area contributed by atoms with Gasteiger partial charge < -0.3 is 48.7 Å². The van der Waals surface area contributed by atoms with Gasteiger partial charge in [-0.1, -0.05) is 27.7 Å². The number of nitrogens with one attached hydrogen (secondary N) is 4. The molecule has 0 aromatic rings. The van der Waals surface area contributed by atoms with E-state index in [1.165, 1.54) is 13.8 Å². The van der Waals surface area contributed by atoms with Crippen LogP contribution in [0.25, 0.3) is 0 Å². The van der Waals surface area contributed by atoms with Crippen LogP contribution in [0.1, 0.15) is 53.9 Å². The van der Waals surface area contributed by atoms with Gasteiger partial charge in [-0.25, -0.2) is 4.79 Å². The number of carboxylic acids is 1. The number of hydrogen-bond acceptors (Lipinski definition) is 9. The molecule has 0 bridgehead atoms. The topological polar surface area (TPSA) is 286 Å². The van der Waals surface area contributed by atoms with Gasteiger partial charge in [-0.05, 0) is 25.2 Å². The minimum Gasteiger partial charge on any atom is -0.480 e. The van der Waals surface area contributed by atoms with Gasteiger partial charge in [-0.3, -0.25) is 28.8 Å². The summed E-state index contributed by atoms with van der Waals surface area (Å²) in [5.41, 5.74) is 16.1. The Bertz CT molecular complexity index is 924. The number of nitrogens with two attached hydrogens (primary N) is 3. The third-order valence-electron chi connectivity index (χ3n) is 5.66. The van der Waals surface area contributed by atoms with Crippen molar-refractivity contribution >= 4 is 41.4 Å². The largest absolute Gasteiger partial charge is 0.480 e. The maximum absolute atomic E-state index is 13.0. The van der Waals surface area contributed by atoms with Gasteiger partial charge in [0.25, 0.3) is 0 Å². The van der Waals surface area contributed by atoms with Crippen LogP contribution in [0.15, 0.2) is 0 Å². The third kappa shape index (κ3) is 12.5. The first kappa shape index (κ1) is 35.2. The molecule has 6 amide bonds. The molecule has 6 atom stereocenters. The lowest BCUT2D eigenvalue weighted by molar-refractivity contribution is -0.143. The fraction of sp³-hybridized carbons (Fsp3) is 0.696. The Morgan fingerprint density at radius 2 is 1.15 bits per heavy atom. The van der Waals surface area contributed by atoms with Gasteiger partial charge in [0.15, 0.2) is 0 Å². The molecular weight excluding hydrogens is 518 g/mol. The molecule has 0 spiro atoms. The van der Waals surface area contributed by atoms with Gasteiger partial charge in [0.2, 0.25) is 35.4 Å². The molecule has 12 N–H and O–H groups in total. The van der Waals surface area contributed by atoms with Crippen LogP contribution < -0.4 is 38.5 Å². The average Bonchev–Trinajstić information content (AvgIpc) is 2.80. The first-order valence-corrected chi connectivity index (χ1v) is 12.3. The van der Waals surface area contributed by atoms with Crippen LogP contribution in [0.3, 0.4) is 0 Å². The van der Waals surface area contributed by atoms with Gasteiger partial charge in [-0.15, -0.1) is 0 Å². The Labute approximate surface area is 226 Å². The lowest BCUT2D eigenvalue weighted by Crippen LogP contribution is -2.61. The van der Waals surface area contributed by atoms with Crippen LogP contribution in [0, 0.1) is 11.8 Å². The van der Waals surface area contributed by atoms with Crippen LogP contribution in [0.4, 0.5) is 0 Å². The van der Waals surface area contributed by atoms with Crippen LogP contribution >= 0.6 is 0 Å². The number of aliphatic carboxylic acids is 1. The quantitative estimate of drug-likeness (QED) is 0.0836. The van der Waals surface area contributed by atoms with Crippen molar-refractivity contribution in [3.8, 4) is 0 Å². The highest BCUT2D eigenvalue weighted by Gasteiger charge is 2.35. The van der Waals surface area contributed by atoms with Crippen molar-refractivity contribution in [2.75, 3.05) is 0 Å². The molecule has 0 fully saturated rings. The minimum absolute atomic E-state index is 0.246. The van der Waals surface area contributed by atoms with Gasteiger partial charge in [0.05, 0.1) is 18.6 Å². The molecule has 16 heteroatoms. The number of amides is 6. The van der Waals surface area contributed by atoms with E-state index >= 15 is 0 Å². The number of carbonyl (C=O) groups is 7. The summed E-state index contributed by atoms with van der Waals surface area (Å²) in [6, 6.07) is -7.03. The molecule has 0 aliphatic carbocycles. The van der Waals surface area contributed by atoms with Crippen molar-refractivity contribution in [2.45, 2.75) is 90.2 Å². The zero-order valence-electron chi connectivity index (χ0n) is 22.7. The molecular formula is C23H41N7O9. The predicted octanol–water partition coefficient (Wildman–Crippen LogP) is -3.83. The van der Waals surface area contributed by atoms with E-state index in [1.807, 2.05) is 0 Å². The number of rotatable bonds is 17. The van der Waals surface area contributed by atoms with Crippen molar-refractivity contribution in [2.24, 2.45) is 29.0 Å². The van der Waals surface area contributed by atoms with E-state index in [2.05, 4.69) is 21.3 Å². The number of aliphatic hydroxyl groups is 1. The zero-order valence-corrected chi connectivity index (χ0v) is 22.7. The summed E-state index contributed by atoms with van der Waals surface area (Å²) < 4.78 is 0. The zero-order chi connectivity index (χ0) is 30.6. The molecule has 222 valence electrons. The van der Waals surface area contributed by atoms with E-state index in [4.69, 9.17) is 17.2 Å². The van der Waals surface area contributed by atoms with E-state index in [-0.39, 0.29) is 18.8 Å². The summed E-state index contributed by atoms with van der Waals surface area (Å²) >= 11 is 0. The average molecular weight is 560 g/mol. The number of aliphatic hydroxyl groups excluding tert-OH is 1. The van der Waals surface area contributed by atoms with Crippen LogP contribution in [-0.2, 0) is 33.6 Å². The first-order chi connectivity index (χ1) is 17.9.